The third kappa shape index (κ3) is 2.45. The molecule has 0 aromatic carbocycles. The smallest absolute Gasteiger partial charge is 0.135 e. The molecule has 1 heterocycles. The molecule has 0 N–H and O–H groups in total. The summed E-state index contributed by atoms with van der Waals surface area (Å²) in [6, 6.07) is 0. The highest BCUT2D eigenvalue weighted by Gasteiger charge is 2.03. The summed E-state index contributed by atoms with van der Waals surface area (Å²) < 4.78 is 0. The van der Waals surface area contributed by atoms with Gasteiger partial charge in [-0.1, -0.05) is 25.4 Å². The summed E-state index contributed by atoms with van der Waals surface area (Å²) in [6.45, 7) is 6.18. The second kappa shape index (κ2) is 3.85. The SMILES string of the molecule is Cc1cnc(CC(C)C)nc1Cl. The van der Waals surface area contributed by atoms with E-state index in [2.05, 4.69) is 23.8 Å². The first kappa shape index (κ1) is 9.46. The lowest BCUT2D eigenvalue weighted by atomic mass is 10.1. The summed E-state index contributed by atoms with van der Waals surface area (Å²) in [5, 5.41) is 0.570. The van der Waals surface area contributed by atoms with Gasteiger partial charge in [-0.05, 0) is 12.8 Å². The van der Waals surface area contributed by atoms with Crippen molar-refractivity contribution >= 4 is 11.6 Å². The molecular formula is C9H13ClN2. The fourth-order valence-electron chi connectivity index (χ4n) is 0.918. The Morgan fingerprint density at radius 2 is 2.17 bits per heavy atom. The highest BCUT2D eigenvalue weighted by Crippen LogP contribution is 2.11. The van der Waals surface area contributed by atoms with Crippen LogP contribution >= 0.6 is 11.6 Å². The van der Waals surface area contributed by atoms with Crippen molar-refractivity contribution in [1.29, 1.82) is 0 Å². The molecule has 1 rings (SSSR count). The van der Waals surface area contributed by atoms with Crippen molar-refractivity contribution in [3.63, 3.8) is 0 Å². The maximum atomic E-state index is 5.85. The number of nitrogens with zero attached hydrogens (tertiary/aromatic N) is 2. The third-order valence-corrected chi connectivity index (χ3v) is 1.93. The van der Waals surface area contributed by atoms with E-state index >= 15 is 0 Å². The van der Waals surface area contributed by atoms with Crippen LogP contribution in [0.1, 0.15) is 25.2 Å². The lowest BCUT2D eigenvalue weighted by Crippen LogP contribution is -2.01. The Labute approximate surface area is 78.0 Å². The quantitative estimate of drug-likeness (QED) is 0.661. The van der Waals surface area contributed by atoms with E-state index in [0.29, 0.717) is 11.1 Å². The molecule has 2 nitrogen and oxygen atoms in total. The Kier molecular flexibility index (Phi) is 3.04. The molecule has 0 saturated carbocycles. The van der Waals surface area contributed by atoms with E-state index in [-0.39, 0.29) is 0 Å². The van der Waals surface area contributed by atoms with Crippen molar-refractivity contribution in [2.75, 3.05) is 0 Å². The summed E-state index contributed by atoms with van der Waals surface area (Å²) >= 11 is 5.85. The number of hydrogen-bond acceptors (Lipinski definition) is 2. The minimum absolute atomic E-state index is 0.570. The van der Waals surface area contributed by atoms with Gasteiger partial charge in [0.15, 0.2) is 0 Å². The Morgan fingerprint density at radius 3 is 2.67 bits per heavy atom. The molecule has 0 bridgehead atoms. The van der Waals surface area contributed by atoms with Crippen LogP contribution in [-0.2, 0) is 6.42 Å². The molecule has 0 aliphatic carbocycles. The van der Waals surface area contributed by atoms with E-state index in [4.69, 9.17) is 11.6 Å². The minimum atomic E-state index is 0.570. The number of hydrogen-bond donors (Lipinski definition) is 0. The van der Waals surface area contributed by atoms with Crippen molar-refractivity contribution in [3.8, 4) is 0 Å². The molecule has 0 unspecified atom stereocenters. The molecule has 0 fully saturated rings. The predicted molar refractivity (Wildman–Crippen MR) is 50.3 cm³/mol. The molecule has 12 heavy (non-hydrogen) atoms. The predicted octanol–water partition coefficient (Wildman–Crippen LogP) is 2.64. The second-order valence-corrected chi connectivity index (χ2v) is 3.72. The zero-order chi connectivity index (χ0) is 9.14. The van der Waals surface area contributed by atoms with Crippen molar-refractivity contribution in [3.05, 3.63) is 22.7 Å². The summed E-state index contributed by atoms with van der Waals surface area (Å²) in [4.78, 5) is 8.35. The summed E-state index contributed by atoms with van der Waals surface area (Å²) in [6.07, 6.45) is 2.66. The number of aromatic nitrogens is 2. The van der Waals surface area contributed by atoms with Crippen LogP contribution in [-0.4, -0.2) is 9.97 Å². The van der Waals surface area contributed by atoms with Crippen molar-refractivity contribution in [2.24, 2.45) is 5.92 Å². The standard InChI is InChI=1S/C9H13ClN2/c1-6(2)4-8-11-5-7(3)9(10)12-8/h5-6H,4H2,1-3H3. The van der Waals surface area contributed by atoms with E-state index in [9.17, 15) is 0 Å². The largest absolute Gasteiger partial charge is 0.241 e. The average Bonchev–Trinajstić information content (AvgIpc) is 1.96. The minimum Gasteiger partial charge on any atom is -0.241 e. The molecule has 0 saturated heterocycles. The lowest BCUT2D eigenvalue weighted by molar-refractivity contribution is 0.620. The summed E-state index contributed by atoms with van der Waals surface area (Å²) in [5.74, 6) is 1.41. The maximum Gasteiger partial charge on any atom is 0.135 e. The fraction of sp³-hybridized carbons (Fsp3) is 0.556. The van der Waals surface area contributed by atoms with Crippen LogP contribution in [0.5, 0.6) is 0 Å². The van der Waals surface area contributed by atoms with Crippen LogP contribution in [0.15, 0.2) is 6.20 Å². The molecular weight excluding hydrogens is 172 g/mol. The lowest BCUT2D eigenvalue weighted by Gasteiger charge is -2.03. The van der Waals surface area contributed by atoms with E-state index in [1.54, 1.807) is 6.20 Å². The highest BCUT2D eigenvalue weighted by molar-refractivity contribution is 6.30. The van der Waals surface area contributed by atoms with Gasteiger partial charge in [0, 0.05) is 18.2 Å². The first-order chi connectivity index (χ1) is 5.59. The number of aryl methyl sites for hydroxylation is 1. The van der Waals surface area contributed by atoms with Crippen molar-refractivity contribution < 1.29 is 0 Å². The first-order valence-electron chi connectivity index (χ1n) is 4.07. The van der Waals surface area contributed by atoms with Gasteiger partial charge in [-0.25, -0.2) is 9.97 Å². The molecule has 0 atom stereocenters. The van der Waals surface area contributed by atoms with Crippen LogP contribution in [0.4, 0.5) is 0 Å². The molecule has 0 radical (unpaired) electrons. The monoisotopic (exact) mass is 184 g/mol. The Hall–Kier alpha value is -0.630. The van der Waals surface area contributed by atoms with Gasteiger partial charge in [0.1, 0.15) is 11.0 Å². The van der Waals surface area contributed by atoms with Gasteiger partial charge in [-0.15, -0.1) is 0 Å². The Bertz CT molecular complexity index is 271. The zero-order valence-corrected chi connectivity index (χ0v) is 8.39. The van der Waals surface area contributed by atoms with Gasteiger partial charge in [-0.2, -0.15) is 0 Å². The maximum absolute atomic E-state index is 5.85. The van der Waals surface area contributed by atoms with Crippen LogP contribution in [0.2, 0.25) is 5.15 Å². The topological polar surface area (TPSA) is 25.8 Å². The molecule has 1 aromatic rings. The summed E-state index contributed by atoms with van der Waals surface area (Å²) in [7, 11) is 0. The average molecular weight is 185 g/mol. The highest BCUT2D eigenvalue weighted by atomic mass is 35.5. The summed E-state index contributed by atoms with van der Waals surface area (Å²) in [5.41, 5.74) is 0.934. The van der Waals surface area contributed by atoms with Crippen LogP contribution in [0.25, 0.3) is 0 Å². The Balaban J connectivity index is 2.82. The fourth-order valence-corrected chi connectivity index (χ4v) is 1.06. The van der Waals surface area contributed by atoms with E-state index < -0.39 is 0 Å². The van der Waals surface area contributed by atoms with Gasteiger partial charge < -0.3 is 0 Å². The van der Waals surface area contributed by atoms with Gasteiger partial charge >= 0.3 is 0 Å². The van der Waals surface area contributed by atoms with Crippen molar-refractivity contribution in [2.45, 2.75) is 27.2 Å². The molecule has 3 heteroatoms. The molecule has 0 spiro atoms. The van der Waals surface area contributed by atoms with Gasteiger partial charge in [0.05, 0.1) is 0 Å². The second-order valence-electron chi connectivity index (χ2n) is 3.36. The normalized spacial score (nSPS) is 10.8. The molecule has 0 amide bonds. The number of rotatable bonds is 2. The van der Waals surface area contributed by atoms with Crippen LogP contribution in [0, 0.1) is 12.8 Å². The third-order valence-electron chi connectivity index (χ3n) is 1.55. The van der Waals surface area contributed by atoms with Crippen LogP contribution < -0.4 is 0 Å². The van der Waals surface area contributed by atoms with E-state index in [1.165, 1.54) is 0 Å². The number of halogens is 1. The molecule has 0 aliphatic rings. The molecule has 66 valence electrons. The van der Waals surface area contributed by atoms with Gasteiger partial charge in [0.2, 0.25) is 0 Å². The first-order valence-corrected chi connectivity index (χ1v) is 4.45. The van der Waals surface area contributed by atoms with Gasteiger partial charge in [0.25, 0.3) is 0 Å². The van der Waals surface area contributed by atoms with E-state index in [0.717, 1.165) is 17.8 Å². The zero-order valence-electron chi connectivity index (χ0n) is 7.63. The molecule has 1 aromatic heterocycles. The van der Waals surface area contributed by atoms with Gasteiger partial charge in [-0.3, -0.25) is 0 Å². The molecule has 0 aliphatic heterocycles. The van der Waals surface area contributed by atoms with Crippen molar-refractivity contribution in [1.82, 2.24) is 9.97 Å². The Morgan fingerprint density at radius 1 is 1.50 bits per heavy atom. The van der Waals surface area contributed by atoms with Crippen LogP contribution in [0.3, 0.4) is 0 Å². The van der Waals surface area contributed by atoms with E-state index in [1.807, 2.05) is 6.92 Å².